The van der Waals surface area contributed by atoms with Crippen molar-refractivity contribution in [2.24, 2.45) is 5.10 Å². The summed E-state index contributed by atoms with van der Waals surface area (Å²) >= 11 is 1.24. The Kier molecular flexibility index (Phi) is 6.92. The number of benzene rings is 3. The number of allylic oxidation sites excluding steroid dienone is 1. The standard InChI is InChI=1S/C23H25N3O3S2/c1-5-12-24-25-17(4)30-22-14-21(19-8-6-7-9-20(19)23(22)27)26-31(28,29)18-11-10-15(2)16(3)13-18/h5-14,24,26-27H,1-4H3/b12-5+,25-17+. The van der Waals surface area contributed by atoms with Gasteiger partial charge in [0.2, 0.25) is 0 Å². The van der Waals surface area contributed by atoms with Crippen LogP contribution < -0.4 is 10.1 Å². The minimum atomic E-state index is -3.81. The van der Waals surface area contributed by atoms with Crippen LogP contribution in [-0.4, -0.2) is 18.6 Å². The van der Waals surface area contributed by atoms with Gasteiger partial charge < -0.3 is 5.11 Å². The summed E-state index contributed by atoms with van der Waals surface area (Å²) in [5.74, 6) is 0.0790. The van der Waals surface area contributed by atoms with Crippen molar-refractivity contribution in [3.63, 3.8) is 0 Å². The van der Waals surface area contributed by atoms with Gasteiger partial charge in [-0.1, -0.05) is 48.2 Å². The number of nitrogens with one attached hydrogen (secondary N) is 2. The summed E-state index contributed by atoms with van der Waals surface area (Å²) in [7, 11) is -3.81. The molecule has 0 aliphatic rings. The molecule has 3 N–H and O–H groups in total. The van der Waals surface area contributed by atoms with Crippen LogP contribution in [0.1, 0.15) is 25.0 Å². The lowest BCUT2D eigenvalue weighted by Crippen LogP contribution is -2.13. The number of hydrogen-bond acceptors (Lipinski definition) is 6. The molecule has 0 unspecified atom stereocenters. The fourth-order valence-electron chi connectivity index (χ4n) is 2.97. The Morgan fingerprint density at radius 2 is 1.77 bits per heavy atom. The Morgan fingerprint density at radius 1 is 1.06 bits per heavy atom. The maximum atomic E-state index is 13.1. The quantitative estimate of drug-likeness (QED) is 0.150. The molecule has 0 heterocycles. The minimum Gasteiger partial charge on any atom is -0.506 e. The van der Waals surface area contributed by atoms with Crippen LogP contribution in [0.4, 0.5) is 5.69 Å². The van der Waals surface area contributed by atoms with Crippen LogP contribution in [0, 0.1) is 13.8 Å². The molecule has 162 valence electrons. The van der Waals surface area contributed by atoms with Crippen LogP contribution in [-0.2, 0) is 10.0 Å². The van der Waals surface area contributed by atoms with Gasteiger partial charge in [-0.3, -0.25) is 10.1 Å². The van der Waals surface area contributed by atoms with E-state index in [2.05, 4.69) is 15.2 Å². The first kappa shape index (κ1) is 22.7. The average Bonchev–Trinajstić information content (AvgIpc) is 2.73. The van der Waals surface area contributed by atoms with E-state index < -0.39 is 10.0 Å². The Hall–Kier alpha value is -2.97. The van der Waals surface area contributed by atoms with E-state index in [9.17, 15) is 13.5 Å². The highest BCUT2D eigenvalue weighted by Crippen LogP contribution is 2.40. The van der Waals surface area contributed by atoms with Crippen molar-refractivity contribution in [2.45, 2.75) is 37.5 Å². The molecule has 0 aromatic heterocycles. The molecule has 6 nitrogen and oxygen atoms in total. The van der Waals surface area contributed by atoms with E-state index in [1.165, 1.54) is 11.8 Å². The maximum Gasteiger partial charge on any atom is 0.261 e. The van der Waals surface area contributed by atoms with Crippen LogP contribution in [0.5, 0.6) is 5.75 Å². The van der Waals surface area contributed by atoms with E-state index in [1.54, 1.807) is 61.7 Å². The maximum absolute atomic E-state index is 13.1. The second kappa shape index (κ2) is 9.45. The molecular weight excluding hydrogens is 430 g/mol. The van der Waals surface area contributed by atoms with Gasteiger partial charge in [-0.05, 0) is 57.0 Å². The Bertz CT molecular complexity index is 1280. The molecule has 0 aliphatic heterocycles. The number of phenols is 1. The van der Waals surface area contributed by atoms with Crippen LogP contribution in [0.15, 0.2) is 75.7 Å². The van der Waals surface area contributed by atoms with E-state index in [0.29, 0.717) is 26.4 Å². The van der Waals surface area contributed by atoms with Gasteiger partial charge in [0.05, 0.1) is 20.5 Å². The molecule has 3 aromatic rings. The number of thioether (sulfide) groups is 1. The fourth-order valence-corrected chi connectivity index (χ4v) is 4.92. The number of fused-ring (bicyclic) bond motifs is 1. The van der Waals surface area contributed by atoms with Crippen LogP contribution in [0.25, 0.3) is 10.8 Å². The lowest BCUT2D eigenvalue weighted by atomic mass is 10.1. The van der Waals surface area contributed by atoms with Gasteiger partial charge in [-0.2, -0.15) is 5.10 Å². The predicted octanol–water partition coefficient (Wildman–Crippen LogP) is 5.51. The monoisotopic (exact) mass is 455 g/mol. The number of sulfonamides is 1. The van der Waals surface area contributed by atoms with Crippen molar-refractivity contribution < 1.29 is 13.5 Å². The summed E-state index contributed by atoms with van der Waals surface area (Å²) in [6, 6.07) is 13.8. The molecule has 0 saturated heterocycles. The first-order valence-electron chi connectivity index (χ1n) is 9.66. The number of aryl methyl sites for hydroxylation is 2. The van der Waals surface area contributed by atoms with E-state index in [-0.39, 0.29) is 10.6 Å². The zero-order valence-electron chi connectivity index (χ0n) is 17.8. The number of hydrazone groups is 1. The molecule has 0 aliphatic carbocycles. The Balaban J connectivity index is 2.06. The number of aromatic hydroxyl groups is 1. The predicted molar refractivity (Wildman–Crippen MR) is 129 cm³/mol. The topological polar surface area (TPSA) is 90.8 Å². The van der Waals surface area contributed by atoms with E-state index in [0.717, 1.165) is 11.1 Å². The molecule has 0 saturated carbocycles. The highest BCUT2D eigenvalue weighted by Gasteiger charge is 2.19. The van der Waals surface area contributed by atoms with Crippen molar-refractivity contribution in [3.05, 3.63) is 71.9 Å². The van der Waals surface area contributed by atoms with Crippen LogP contribution in [0.3, 0.4) is 0 Å². The fraction of sp³-hybridized carbons (Fsp3) is 0.174. The summed E-state index contributed by atoms with van der Waals surface area (Å²) in [5, 5.41) is 16.8. The Labute approximate surface area is 187 Å². The molecular formula is C23H25N3O3S2. The number of anilines is 1. The highest BCUT2D eigenvalue weighted by molar-refractivity contribution is 8.14. The number of phenolic OH excluding ortho intramolecular Hbond substituents is 1. The molecule has 0 radical (unpaired) electrons. The lowest BCUT2D eigenvalue weighted by molar-refractivity contribution is 0.469. The third-order valence-electron chi connectivity index (χ3n) is 4.74. The van der Waals surface area contributed by atoms with Crippen molar-refractivity contribution in [3.8, 4) is 5.75 Å². The molecule has 3 rings (SSSR count). The summed E-state index contributed by atoms with van der Waals surface area (Å²) in [6.45, 7) is 7.48. The Morgan fingerprint density at radius 3 is 2.45 bits per heavy atom. The molecule has 0 amide bonds. The molecule has 0 bridgehead atoms. The van der Waals surface area contributed by atoms with E-state index in [1.807, 2.05) is 26.8 Å². The number of rotatable bonds is 6. The largest absolute Gasteiger partial charge is 0.506 e. The van der Waals surface area contributed by atoms with Gasteiger partial charge in [0.1, 0.15) is 5.75 Å². The lowest BCUT2D eigenvalue weighted by Gasteiger charge is -2.15. The van der Waals surface area contributed by atoms with E-state index >= 15 is 0 Å². The van der Waals surface area contributed by atoms with Gasteiger partial charge in [-0.25, -0.2) is 8.42 Å². The molecule has 0 atom stereocenters. The summed E-state index contributed by atoms with van der Waals surface area (Å²) in [4.78, 5) is 0.690. The average molecular weight is 456 g/mol. The van der Waals surface area contributed by atoms with Gasteiger partial charge in [0.15, 0.2) is 0 Å². The number of hydrogen-bond donors (Lipinski definition) is 3. The zero-order chi connectivity index (χ0) is 22.6. The molecule has 8 heteroatoms. The molecule has 0 fully saturated rings. The minimum absolute atomic E-state index is 0.0790. The SMILES string of the molecule is C/C=C/N/N=C(\C)Sc1cc(NS(=O)(=O)c2ccc(C)c(C)c2)c2ccccc2c1O. The second-order valence-electron chi connectivity index (χ2n) is 7.03. The molecule has 31 heavy (non-hydrogen) atoms. The van der Waals surface area contributed by atoms with E-state index in [4.69, 9.17) is 0 Å². The van der Waals surface area contributed by atoms with Crippen molar-refractivity contribution in [2.75, 3.05) is 4.72 Å². The van der Waals surface area contributed by atoms with Gasteiger partial charge >= 0.3 is 0 Å². The first-order chi connectivity index (χ1) is 14.7. The number of nitrogens with zero attached hydrogens (tertiary/aromatic N) is 1. The third-order valence-corrected chi connectivity index (χ3v) is 7.02. The zero-order valence-corrected chi connectivity index (χ0v) is 19.4. The third kappa shape index (κ3) is 5.21. The van der Waals surface area contributed by atoms with Gasteiger partial charge in [0, 0.05) is 17.0 Å². The van der Waals surface area contributed by atoms with Gasteiger partial charge in [-0.15, -0.1) is 0 Å². The van der Waals surface area contributed by atoms with Crippen molar-refractivity contribution >= 4 is 43.3 Å². The van der Waals surface area contributed by atoms with Crippen molar-refractivity contribution in [1.82, 2.24) is 5.43 Å². The second-order valence-corrected chi connectivity index (χ2v) is 9.95. The highest BCUT2D eigenvalue weighted by atomic mass is 32.2. The van der Waals surface area contributed by atoms with Crippen LogP contribution in [0.2, 0.25) is 0 Å². The summed E-state index contributed by atoms with van der Waals surface area (Å²) < 4.78 is 28.9. The smallest absolute Gasteiger partial charge is 0.261 e. The normalized spacial score (nSPS) is 12.5. The summed E-state index contributed by atoms with van der Waals surface area (Å²) in [5.41, 5.74) is 5.10. The molecule has 3 aromatic carbocycles. The summed E-state index contributed by atoms with van der Waals surface area (Å²) in [6.07, 6.45) is 3.50. The van der Waals surface area contributed by atoms with Crippen LogP contribution >= 0.6 is 11.8 Å². The first-order valence-corrected chi connectivity index (χ1v) is 12.0. The van der Waals surface area contributed by atoms with Crippen molar-refractivity contribution in [1.29, 1.82) is 0 Å². The van der Waals surface area contributed by atoms with Gasteiger partial charge in [0.25, 0.3) is 10.0 Å². The molecule has 0 spiro atoms.